The third-order valence-corrected chi connectivity index (χ3v) is 4.51. The normalized spacial score (nSPS) is 39.0. The maximum atomic E-state index is 3.90. The van der Waals surface area contributed by atoms with E-state index in [2.05, 4.69) is 17.1 Å². The number of nitrogens with one attached hydrogen (secondary N) is 1. The zero-order valence-corrected chi connectivity index (χ0v) is 9.91. The van der Waals surface area contributed by atoms with Crippen molar-refractivity contribution in [2.24, 2.45) is 5.92 Å². The summed E-state index contributed by atoms with van der Waals surface area (Å²) in [6, 6.07) is 2.59. The maximum absolute atomic E-state index is 3.90. The van der Waals surface area contributed by atoms with E-state index in [0.29, 0.717) is 0 Å². The first-order chi connectivity index (χ1) is 7.33. The van der Waals surface area contributed by atoms with Crippen molar-refractivity contribution in [3.8, 4) is 0 Å². The number of hydrogen-bond donors (Lipinski definition) is 1. The Bertz CT molecular complexity index is 219. The monoisotopic (exact) mass is 208 g/mol. The lowest BCUT2D eigenvalue weighted by atomic mass is 10.1. The molecule has 0 amide bonds. The molecular weight excluding hydrogens is 184 g/mol. The van der Waals surface area contributed by atoms with Crippen LogP contribution < -0.4 is 5.32 Å². The molecule has 1 heterocycles. The number of nitrogens with zero attached hydrogens (tertiary/aromatic N) is 1. The fourth-order valence-electron chi connectivity index (χ4n) is 3.35. The minimum atomic E-state index is 0.786. The highest BCUT2D eigenvalue weighted by Crippen LogP contribution is 2.32. The van der Waals surface area contributed by atoms with Gasteiger partial charge < -0.3 is 5.32 Å². The molecule has 1 N–H and O–H groups in total. The summed E-state index contributed by atoms with van der Waals surface area (Å²) in [4.78, 5) is 2.72. The lowest BCUT2D eigenvalue weighted by molar-refractivity contribution is 0.310. The standard InChI is InChI=1S/C13H24N2/c1-10-8-15(12-6-7-12)9-13(10)14-11-4-2-3-5-11/h10-14H,2-9H2,1H3. The fourth-order valence-corrected chi connectivity index (χ4v) is 3.35. The molecule has 1 aliphatic heterocycles. The summed E-state index contributed by atoms with van der Waals surface area (Å²) < 4.78 is 0. The summed E-state index contributed by atoms with van der Waals surface area (Å²) in [6.07, 6.45) is 8.67. The van der Waals surface area contributed by atoms with Crippen LogP contribution in [0, 0.1) is 5.92 Å². The van der Waals surface area contributed by atoms with Gasteiger partial charge in [-0.15, -0.1) is 0 Å². The van der Waals surface area contributed by atoms with E-state index in [1.54, 1.807) is 0 Å². The highest BCUT2D eigenvalue weighted by atomic mass is 15.2. The quantitative estimate of drug-likeness (QED) is 0.763. The lowest BCUT2D eigenvalue weighted by Crippen LogP contribution is -2.41. The van der Waals surface area contributed by atoms with Gasteiger partial charge in [-0.1, -0.05) is 19.8 Å². The van der Waals surface area contributed by atoms with Gasteiger partial charge in [0.05, 0.1) is 0 Å². The Morgan fingerprint density at radius 3 is 2.40 bits per heavy atom. The Kier molecular flexibility index (Phi) is 2.73. The predicted molar refractivity (Wildman–Crippen MR) is 62.9 cm³/mol. The van der Waals surface area contributed by atoms with Gasteiger partial charge in [0.25, 0.3) is 0 Å². The molecule has 2 aliphatic carbocycles. The molecule has 2 nitrogen and oxygen atoms in total. The van der Waals surface area contributed by atoms with Crippen LogP contribution in [0.3, 0.4) is 0 Å². The van der Waals surface area contributed by atoms with E-state index in [-0.39, 0.29) is 0 Å². The highest BCUT2D eigenvalue weighted by Gasteiger charge is 2.38. The van der Waals surface area contributed by atoms with Gasteiger partial charge in [-0.25, -0.2) is 0 Å². The third kappa shape index (κ3) is 2.21. The van der Waals surface area contributed by atoms with Crippen molar-refractivity contribution >= 4 is 0 Å². The Hall–Kier alpha value is -0.0800. The molecule has 0 aromatic heterocycles. The Morgan fingerprint density at radius 2 is 1.73 bits per heavy atom. The van der Waals surface area contributed by atoms with E-state index in [1.165, 1.54) is 51.6 Å². The van der Waals surface area contributed by atoms with Crippen molar-refractivity contribution in [2.75, 3.05) is 13.1 Å². The van der Waals surface area contributed by atoms with Crippen LogP contribution in [0.25, 0.3) is 0 Å². The Balaban J connectivity index is 1.52. The molecule has 2 unspecified atom stereocenters. The van der Waals surface area contributed by atoms with Crippen LogP contribution in [0.2, 0.25) is 0 Å². The average Bonchev–Trinajstić information content (AvgIpc) is 2.84. The molecule has 1 saturated heterocycles. The lowest BCUT2D eigenvalue weighted by Gasteiger charge is -2.21. The second kappa shape index (κ2) is 4.06. The van der Waals surface area contributed by atoms with Crippen LogP contribution >= 0.6 is 0 Å². The van der Waals surface area contributed by atoms with Crippen molar-refractivity contribution in [1.29, 1.82) is 0 Å². The van der Waals surface area contributed by atoms with E-state index >= 15 is 0 Å². The van der Waals surface area contributed by atoms with Crippen LogP contribution in [0.1, 0.15) is 45.4 Å². The summed E-state index contributed by atoms with van der Waals surface area (Å²) in [5.41, 5.74) is 0. The summed E-state index contributed by atoms with van der Waals surface area (Å²) >= 11 is 0. The van der Waals surface area contributed by atoms with E-state index in [0.717, 1.165) is 24.0 Å². The molecule has 2 atom stereocenters. The summed E-state index contributed by atoms with van der Waals surface area (Å²) in [5, 5.41) is 3.90. The highest BCUT2D eigenvalue weighted by molar-refractivity contribution is 4.96. The van der Waals surface area contributed by atoms with E-state index in [1.807, 2.05) is 0 Å². The first kappa shape index (κ1) is 10.1. The zero-order valence-electron chi connectivity index (χ0n) is 9.91. The first-order valence-electron chi connectivity index (χ1n) is 6.83. The summed E-state index contributed by atoms with van der Waals surface area (Å²) in [7, 11) is 0. The minimum Gasteiger partial charge on any atom is -0.310 e. The SMILES string of the molecule is CC1CN(C2CC2)CC1NC1CCCC1. The van der Waals surface area contributed by atoms with Crippen LogP contribution in [0.4, 0.5) is 0 Å². The second-order valence-electron chi connectivity index (χ2n) is 5.92. The van der Waals surface area contributed by atoms with Crippen LogP contribution in [-0.4, -0.2) is 36.1 Å². The minimum absolute atomic E-state index is 0.786. The molecule has 15 heavy (non-hydrogen) atoms. The maximum Gasteiger partial charge on any atom is 0.0235 e. The van der Waals surface area contributed by atoms with Crippen LogP contribution in [0.5, 0.6) is 0 Å². The first-order valence-corrected chi connectivity index (χ1v) is 6.83. The van der Waals surface area contributed by atoms with Gasteiger partial charge in [0.15, 0.2) is 0 Å². The molecule has 2 heteroatoms. The van der Waals surface area contributed by atoms with Gasteiger partial charge in [-0.05, 0) is 31.6 Å². The smallest absolute Gasteiger partial charge is 0.0235 e. The molecule has 3 fully saturated rings. The Labute approximate surface area is 93.4 Å². The van der Waals surface area contributed by atoms with Gasteiger partial charge in [0.2, 0.25) is 0 Å². The van der Waals surface area contributed by atoms with Crippen LogP contribution in [0.15, 0.2) is 0 Å². The number of rotatable bonds is 3. The molecule has 0 aromatic carbocycles. The number of likely N-dealkylation sites (tertiary alicyclic amines) is 1. The molecule has 3 aliphatic rings. The van der Waals surface area contributed by atoms with Gasteiger partial charge in [0.1, 0.15) is 0 Å². The molecule has 0 bridgehead atoms. The van der Waals surface area contributed by atoms with Gasteiger partial charge in [0, 0.05) is 31.2 Å². The van der Waals surface area contributed by atoms with Gasteiger partial charge >= 0.3 is 0 Å². The van der Waals surface area contributed by atoms with Crippen molar-refractivity contribution in [1.82, 2.24) is 10.2 Å². The number of hydrogen-bond acceptors (Lipinski definition) is 2. The van der Waals surface area contributed by atoms with Crippen LogP contribution in [-0.2, 0) is 0 Å². The van der Waals surface area contributed by atoms with E-state index in [9.17, 15) is 0 Å². The van der Waals surface area contributed by atoms with Gasteiger partial charge in [-0.3, -0.25) is 4.90 Å². The molecule has 0 aromatic rings. The molecule has 3 rings (SSSR count). The molecule has 2 saturated carbocycles. The van der Waals surface area contributed by atoms with Crippen molar-refractivity contribution < 1.29 is 0 Å². The van der Waals surface area contributed by atoms with Gasteiger partial charge in [-0.2, -0.15) is 0 Å². The topological polar surface area (TPSA) is 15.3 Å². The largest absolute Gasteiger partial charge is 0.310 e. The summed E-state index contributed by atoms with van der Waals surface area (Å²) in [5.74, 6) is 0.867. The van der Waals surface area contributed by atoms with E-state index in [4.69, 9.17) is 0 Å². The van der Waals surface area contributed by atoms with Crippen molar-refractivity contribution in [3.05, 3.63) is 0 Å². The Morgan fingerprint density at radius 1 is 1.00 bits per heavy atom. The van der Waals surface area contributed by atoms with E-state index < -0.39 is 0 Å². The molecule has 0 spiro atoms. The third-order valence-electron chi connectivity index (χ3n) is 4.51. The molecular formula is C13H24N2. The molecule has 0 radical (unpaired) electrons. The molecule has 86 valence electrons. The fraction of sp³-hybridized carbons (Fsp3) is 1.00. The second-order valence-corrected chi connectivity index (χ2v) is 5.92. The zero-order chi connectivity index (χ0) is 10.3. The predicted octanol–water partition coefficient (Wildman–Crippen LogP) is 2.00. The van der Waals surface area contributed by atoms with Crippen molar-refractivity contribution in [2.45, 2.75) is 63.6 Å². The van der Waals surface area contributed by atoms with Crippen molar-refractivity contribution in [3.63, 3.8) is 0 Å². The summed E-state index contributed by atoms with van der Waals surface area (Å²) in [6.45, 7) is 5.09. The average molecular weight is 208 g/mol.